The van der Waals surface area contributed by atoms with Gasteiger partial charge in [-0.05, 0) is 24.3 Å². The highest BCUT2D eigenvalue weighted by molar-refractivity contribution is 6.36. The van der Waals surface area contributed by atoms with Crippen molar-refractivity contribution in [1.29, 1.82) is 0 Å². The van der Waals surface area contributed by atoms with Gasteiger partial charge in [0.2, 0.25) is 0 Å². The molecule has 0 aromatic heterocycles. The van der Waals surface area contributed by atoms with Crippen molar-refractivity contribution in [2.24, 2.45) is 5.10 Å². The van der Waals surface area contributed by atoms with Crippen LogP contribution >= 0.6 is 34.8 Å². The minimum absolute atomic E-state index is 0.206. The van der Waals surface area contributed by atoms with Crippen LogP contribution in [-0.4, -0.2) is 24.6 Å². The average molecular weight is 385 g/mol. The second kappa shape index (κ2) is 8.68. The zero-order chi connectivity index (χ0) is 17.5. The van der Waals surface area contributed by atoms with Gasteiger partial charge in [0.25, 0.3) is 11.8 Å². The Balaban J connectivity index is 1.85. The zero-order valence-corrected chi connectivity index (χ0v) is 14.5. The van der Waals surface area contributed by atoms with Crippen LogP contribution in [0.15, 0.2) is 47.6 Å². The summed E-state index contributed by atoms with van der Waals surface area (Å²) in [6.45, 7) is -0.252. The number of hydrazone groups is 1. The fourth-order valence-electron chi connectivity index (χ4n) is 1.72. The van der Waals surface area contributed by atoms with E-state index in [9.17, 15) is 9.59 Å². The van der Waals surface area contributed by atoms with Crippen LogP contribution in [0.5, 0.6) is 0 Å². The summed E-state index contributed by atoms with van der Waals surface area (Å²) in [6.07, 6.45) is 1.41. The molecule has 2 aromatic rings. The van der Waals surface area contributed by atoms with Crippen molar-refractivity contribution in [2.75, 3.05) is 6.54 Å². The maximum atomic E-state index is 11.9. The fraction of sp³-hybridized carbons (Fsp3) is 0.0625. The predicted molar refractivity (Wildman–Crippen MR) is 96.0 cm³/mol. The monoisotopic (exact) mass is 383 g/mol. The van der Waals surface area contributed by atoms with Crippen LogP contribution in [0.25, 0.3) is 0 Å². The minimum atomic E-state index is -0.489. The first kappa shape index (κ1) is 18.3. The number of hydrogen-bond donors (Lipinski definition) is 2. The number of benzene rings is 2. The third-order valence-corrected chi connectivity index (χ3v) is 3.78. The quantitative estimate of drug-likeness (QED) is 0.611. The molecule has 2 aromatic carbocycles. The van der Waals surface area contributed by atoms with Crippen molar-refractivity contribution in [1.82, 2.24) is 10.7 Å². The fourth-order valence-corrected chi connectivity index (χ4v) is 2.40. The van der Waals surface area contributed by atoms with E-state index in [1.807, 2.05) is 0 Å². The maximum Gasteiger partial charge on any atom is 0.259 e. The molecule has 0 fully saturated rings. The van der Waals surface area contributed by atoms with Crippen LogP contribution in [0.2, 0.25) is 15.1 Å². The molecular formula is C16H12Cl3N3O2. The number of carbonyl (C=O) groups excluding carboxylic acids is 2. The number of halogens is 3. The number of amides is 2. The molecule has 0 spiro atoms. The zero-order valence-electron chi connectivity index (χ0n) is 12.2. The summed E-state index contributed by atoms with van der Waals surface area (Å²) in [7, 11) is 0. The molecule has 24 heavy (non-hydrogen) atoms. The molecule has 8 heteroatoms. The van der Waals surface area contributed by atoms with Gasteiger partial charge < -0.3 is 5.32 Å². The van der Waals surface area contributed by atoms with Gasteiger partial charge in [-0.2, -0.15) is 5.10 Å². The van der Waals surface area contributed by atoms with Crippen LogP contribution in [-0.2, 0) is 4.79 Å². The maximum absolute atomic E-state index is 11.9. The van der Waals surface area contributed by atoms with Gasteiger partial charge in [0.15, 0.2) is 0 Å². The van der Waals surface area contributed by atoms with Gasteiger partial charge in [0.05, 0.1) is 23.3 Å². The number of nitrogens with zero attached hydrogens (tertiary/aromatic N) is 1. The summed E-state index contributed by atoms with van der Waals surface area (Å²) < 4.78 is 0. The van der Waals surface area contributed by atoms with Gasteiger partial charge in [-0.1, -0.05) is 53.0 Å². The second-order valence-electron chi connectivity index (χ2n) is 4.62. The van der Waals surface area contributed by atoms with Crippen molar-refractivity contribution >= 4 is 52.8 Å². The molecule has 0 atom stereocenters. The summed E-state index contributed by atoms with van der Waals surface area (Å²) in [5.74, 6) is -0.973. The first-order valence-electron chi connectivity index (χ1n) is 6.77. The summed E-state index contributed by atoms with van der Waals surface area (Å²) in [4.78, 5) is 23.6. The van der Waals surface area contributed by atoms with Crippen molar-refractivity contribution in [3.63, 3.8) is 0 Å². The van der Waals surface area contributed by atoms with Crippen LogP contribution in [0.4, 0.5) is 0 Å². The molecule has 0 unspecified atom stereocenters. The average Bonchev–Trinajstić information content (AvgIpc) is 2.54. The van der Waals surface area contributed by atoms with Crippen molar-refractivity contribution in [3.8, 4) is 0 Å². The molecule has 0 aliphatic rings. The predicted octanol–water partition coefficient (Wildman–Crippen LogP) is 3.53. The van der Waals surface area contributed by atoms with E-state index in [1.165, 1.54) is 24.4 Å². The largest absolute Gasteiger partial charge is 0.343 e. The number of nitrogens with one attached hydrogen (secondary N) is 2. The molecule has 5 nitrogen and oxygen atoms in total. The number of hydrogen-bond acceptors (Lipinski definition) is 3. The van der Waals surface area contributed by atoms with Crippen LogP contribution in [0.1, 0.15) is 15.9 Å². The lowest BCUT2D eigenvalue weighted by Crippen LogP contribution is -2.35. The highest BCUT2D eigenvalue weighted by atomic mass is 35.5. The summed E-state index contributed by atoms with van der Waals surface area (Å²) in [5.41, 5.74) is 3.19. The Labute approximate surface area is 153 Å². The lowest BCUT2D eigenvalue weighted by atomic mass is 10.2. The van der Waals surface area contributed by atoms with Gasteiger partial charge in [0.1, 0.15) is 0 Å². The Morgan fingerprint density at radius 1 is 1.04 bits per heavy atom. The molecule has 0 aliphatic carbocycles. The highest BCUT2D eigenvalue weighted by Crippen LogP contribution is 2.20. The van der Waals surface area contributed by atoms with E-state index in [0.29, 0.717) is 15.6 Å². The van der Waals surface area contributed by atoms with E-state index < -0.39 is 11.8 Å². The Morgan fingerprint density at radius 2 is 1.79 bits per heavy atom. The van der Waals surface area contributed by atoms with E-state index in [0.717, 1.165) is 0 Å². The third-order valence-electron chi connectivity index (χ3n) is 2.88. The SMILES string of the molecule is O=C(CNC(=O)c1ccc(Cl)cc1Cl)N/N=C/c1ccccc1Cl. The molecule has 0 saturated heterocycles. The lowest BCUT2D eigenvalue weighted by molar-refractivity contribution is -0.120. The van der Waals surface area contributed by atoms with Gasteiger partial charge in [-0.15, -0.1) is 0 Å². The Bertz CT molecular complexity index is 794. The van der Waals surface area contributed by atoms with Gasteiger partial charge in [-0.25, -0.2) is 5.43 Å². The van der Waals surface area contributed by atoms with Crippen LogP contribution in [0.3, 0.4) is 0 Å². The van der Waals surface area contributed by atoms with Crippen molar-refractivity contribution in [2.45, 2.75) is 0 Å². The third kappa shape index (κ3) is 5.23. The van der Waals surface area contributed by atoms with E-state index in [1.54, 1.807) is 24.3 Å². The van der Waals surface area contributed by atoms with E-state index in [4.69, 9.17) is 34.8 Å². The van der Waals surface area contributed by atoms with Crippen molar-refractivity contribution in [3.05, 3.63) is 68.7 Å². The summed E-state index contributed by atoms with van der Waals surface area (Å²) in [5, 5.41) is 7.36. The number of rotatable bonds is 5. The summed E-state index contributed by atoms with van der Waals surface area (Å²) >= 11 is 17.6. The molecule has 0 aliphatic heterocycles. The Kier molecular flexibility index (Phi) is 6.61. The first-order valence-corrected chi connectivity index (χ1v) is 7.90. The molecule has 2 amide bonds. The highest BCUT2D eigenvalue weighted by Gasteiger charge is 2.11. The molecule has 2 N–H and O–H groups in total. The van der Waals surface area contributed by atoms with E-state index in [2.05, 4.69) is 15.8 Å². The smallest absolute Gasteiger partial charge is 0.259 e. The molecule has 0 bridgehead atoms. The second-order valence-corrected chi connectivity index (χ2v) is 5.87. The molecule has 0 radical (unpaired) electrons. The van der Waals surface area contributed by atoms with Gasteiger partial charge in [0, 0.05) is 15.6 Å². The standard InChI is InChI=1S/C16H12Cl3N3O2/c17-11-5-6-12(14(19)7-11)16(24)20-9-15(23)22-21-8-10-3-1-2-4-13(10)18/h1-8H,9H2,(H,20,24)(H,22,23)/b21-8+. The van der Waals surface area contributed by atoms with Gasteiger partial charge >= 0.3 is 0 Å². The number of carbonyl (C=O) groups is 2. The minimum Gasteiger partial charge on any atom is -0.343 e. The van der Waals surface area contributed by atoms with Gasteiger partial charge in [-0.3, -0.25) is 9.59 Å². The molecule has 2 rings (SSSR count). The summed E-state index contributed by atoms with van der Waals surface area (Å²) in [6, 6.07) is 11.5. The van der Waals surface area contributed by atoms with Crippen molar-refractivity contribution < 1.29 is 9.59 Å². The lowest BCUT2D eigenvalue weighted by Gasteiger charge is -2.06. The normalized spacial score (nSPS) is 10.6. The van der Waals surface area contributed by atoms with Crippen LogP contribution in [0, 0.1) is 0 Å². The molecule has 0 saturated carbocycles. The molecule has 0 heterocycles. The van der Waals surface area contributed by atoms with E-state index >= 15 is 0 Å². The molecular weight excluding hydrogens is 373 g/mol. The Morgan fingerprint density at radius 3 is 2.50 bits per heavy atom. The topological polar surface area (TPSA) is 70.6 Å². The van der Waals surface area contributed by atoms with E-state index in [-0.39, 0.29) is 17.1 Å². The van der Waals surface area contributed by atoms with Crippen LogP contribution < -0.4 is 10.7 Å². The first-order chi connectivity index (χ1) is 11.5. The molecule has 124 valence electrons. The Hall–Kier alpha value is -2.08.